The summed E-state index contributed by atoms with van der Waals surface area (Å²) in [5, 5.41) is 16.3. The van der Waals surface area contributed by atoms with E-state index >= 15 is 0 Å². The Balaban J connectivity index is -0.0000000312. The molecular formula is C31H52O5. The zero-order valence-electron chi connectivity index (χ0n) is 22.8. The number of aliphatic hydroxyl groups excluding tert-OH is 1. The number of carbonyl (C=O) groups excluding carboxylic acids is 1. The molecule has 0 aromatic heterocycles. The summed E-state index contributed by atoms with van der Waals surface area (Å²) >= 11 is 0. The number of hydrogen-bond acceptors (Lipinski definition) is 4. The maximum absolute atomic E-state index is 10.3. The molecule has 1 rings (SSSR count). The first-order chi connectivity index (χ1) is 17.6. The number of benzene rings is 1. The van der Waals surface area contributed by atoms with Crippen molar-refractivity contribution in [1.82, 2.24) is 0 Å². The normalized spacial score (nSPS) is 5.83. The number of aldehydes is 1. The molecule has 0 amide bonds. The molecule has 0 heterocycles. The summed E-state index contributed by atoms with van der Waals surface area (Å²) in [6.45, 7) is 54.6. The second kappa shape index (κ2) is 125. The van der Waals surface area contributed by atoms with Crippen molar-refractivity contribution < 1.29 is 24.5 Å². The van der Waals surface area contributed by atoms with Crippen LogP contribution in [-0.2, 0) is 9.53 Å². The molecule has 0 atom stereocenters. The summed E-state index contributed by atoms with van der Waals surface area (Å²) < 4.78 is 4.44. The lowest BCUT2D eigenvalue weighted by Crippen LogP contribution is -1.91. The molecule has 0 saturated heterocycles. The SMILES string of the molecule is C=C.C=C.C=C.C=C.C=C.C=C.C=C.C=C.C=C.COCCO.O=Cc1ccc(/C=C/C(=O)O)cc1. The van der Waals surface area contributed by atoms with E-state index < -0.39 is 5.97 Å². The molecule has 206 valence electrons. The van der Waals surface area contributed by atoms with Crippen LogP contribution >= 0.6 is 0 Å². The number of carboxylic acids is 1. The average molecular weight is 505 g/mol. The van der Waals surface area contributed by atoms with Crippen molar-refractivity contribution in [3.63, 3.8) is 0 Å². The fourth-order valence-electron chi connectivity index (χ4n) is 0.944. The van der Waals surface area contributed by atoms with Crippen LogP contribution < -0.4 is 0 Å². The van der Waals surface area contributed by atoms with Crippen LogP contribution in [0.15, 0.2) is 149 Å². The number of hydrogen-bond donors (Lipinski definition) is 2. The van der Waals surface area contributed by atoms with Crippen molar-refractivity contribution >= 4 is 18.3 Å². The average Bonchev–Trinajstić information content (AvgIpc) is 3.02. The van der Waals surface area contributed by atoms with E-state index in [9.17, 15) is 9.59 Å². The van der Waals surface area contributed by atoms with Gasteiger partial charge in [-0.1, -0.05) is 24.3 Å². The van der Waals surface area contributed by atoms with Crippen LogP contribution in [0, 0.1) is 0 Å². The lowest BCUT2D eigenvalue weighted by molar-refractivity contribution is -0.131. The monoisotopic (exact) mass is 504 g/mol. The molecule has 36 heavy (non-hydrogen) atoms. The summed E-state index contributed by atoms with van der Waals surface area (Å²) in [7, 11) is 1.55. The molecule has 0 bridgehead atoms. The molecule has 0 saturated carbocycles. The Kier molecular flexibility index (Phi) is 221. The molecule has 2 N–H and O–H groups in total. The van der Waals surface area contributed by atoms with Crippen LogP contribution in [0.5, 0.6) is 0 Å². The van der Waals surface area contributed by atoms with Crippen molar-refractivity contribution in [2.24, 2.45) is 0 Å². The van der Waals surface area contributed by atoms with E-state index in [1.807, 2.05) is 0 Å². The zero-order chi connectivity index (χ0) is 31.8. The topological polar surface area (TPSA) is 83.8 Å². The molecule has 0 fully saturated rings. The number of carbonyl (C=O) groups is 2. The summed E-state index contributed by atoms with van der Waals surface area (Å²) in [6.07, 6.45) is 3.26. The third-order valence-corrected chi connectivity index (χ3v) is 1.79. The molecule has 0 aliphatic carbocycles. The fourth-order valence-corrected chi connectivity index (χ4v) is 0.944. The Morgan fingerprint density at radius 2 is 0.972 bits per heavy atom. The predicted molar refractivity (Wildman–Crippen MR) is 169 cm³/mol. The molecule has 5 heteroatoms. The minimum absolute atomic E-state index is 0.122. The van der Waals surface area contributed by atoms with E-state index in [0.717, 1.165) is 17.9 Å². The first-order valence-electron chi connectivity index (χ1n) is 9.70. The van der Waals surface area contributed by atoms with Crippen LogP contribution in [0.4, 0.5) is 0 Å². The fraction of sp³-hybridized carbons (Fsp3) is 0.0968. The number of carboxylic acid groups (broad SMARTS) is 1. The minimum Gasteiger partial charge on any atom is -0.478 e. The van der Waals surface area contributed by atoms with Gasteiger partial charge in [-0.25, -0.2) is 4.79 Å². The van der Waals surface area contributed by atoms with Gasteiger partial charge in [0.15, 0.2) is 0 Å². The van der Waals surface area contributed by atoms with Gasteiger partial charge in [-0.15, -0.1) is 118 Å². The van der Waals surface area contributed by atoms with Gasteiger partial charge in [-0.3, -0.25) is 4.79 Å². The van der Waals surface area contributed by atoms with Gasteiger partial charge >= 0.3 is 5.97 Å². The molecule has 5 nitrogen and oxygen atoms in total. The van der Waals surface area contributed by atoms with Crippen LogP contribution in [0.3, 0.4) is 0 Å². The third kappa shape index (κ3) is 113. The van der Waals surface area contributed by atoms with Gasteiger partial charge in [0, 0.05) is 18.7 Å². The first kappa shape index (κ1) is 63.4. The van der Waals surface area contributed by atoms with E-state index in [0.29, 0.717) is 12.2 Å². The Labute approximate surface area is 223 Å². The van der Waals surface area contributed by atoms with Gasteiger partial charge in [0.1, 0.15) is 6.29 Å². The van der Waals surface area contributed by atoms with Crippen molar-refractivity contribution in [2.75, 3.05) is 20.3 Å². The molecule has 0 unspecified atom stereocenters. The highest BCUT2D eigenvalue weighted by Crippen LogP contribution is 2.04. The van der Waals surface area contributed by atoms with E-state index in [2.05, 4.69) is 123 Å². The summed E-state index contributed by atoms with van der Waals surface area (Å²) in [4.78, 5) is 20.4. The Morgan fingerprint density at radius 1 is 0.694 bits per heavy atom. The number of rotatable bonds is 5. The van der Waals surface area contributed by atoms with Crippen molar-refractivity contribution in [3.05, 3.63) is 160 Å². The van der Waals surface area contributed by atoms with Gasteiger partial charge in [0.05, 0.1) is 13.2 Å². The summed E-state index contributed by atoms with van der Waals surface area (Å²) in [5.74, 6) is -0.987. The van der Waals surface area contributed by atoms with Gasteiger partial charge in [-0.2, -0.15) is 0 Å². The maximum Gasteiger partial charge on any atom is 0.328 e. The second-order valence-corrected chi connectivity index (χ2v) is 3.17. The van der Waals surface area contributed by atoms with Crippen LogP contribution in [0.1, 0.15) is 15.9 Å². The van der Waals surface area contributed by atoms with E-state index in [4.69, 9.17) is 10.2 Å². The first-order valence-corrected chi connectivity index (χ1v) is 9.70. The Morgan fingerprint density at radius 3 is 1.14 bits per heavy atom. The maximum atomic E-state index is 10.3. The highest BCUT2D eigenvalue weighted by Gasteiger charge is 1.90. The third-order valence-electron chi connectivity index (χ3n) is 1.79. The number of aliphatic carboxylic acids is 1. The Bertz CT molecular complexity index is 480. The van der Waals surface area contributed by atoms with Crippen LogP contribution in [-0.4, -0.2) is 42.8 Å². The standard InChI is InChI=1S/C10H8O3.C3H8O2.9C2H4/c11-7-9-3-1-8(2-4-9)5-6-10(12)13;1-5-3-2-4;9*1-2/h1-7H,(H,12,13);4H,2-3H2,1H3;9*1-2H2/b6-5+;;;;;;;;;;. The van der Waals surface area contributed by atoms with Crippen molar-refractivity contribution in [1.29, 1.82) is 0 Å². The van der Waals surface area contributed by atoms with Crippen molar-refractivity contribution in [3.8, 4) is 0 Å². The Hall–Kier alpha value is -4.32. The summed E-state index contributed by atoms with van der Waals surface area (Å²) in [6, 6.07) is 6.63. The van der Waals surface area contributed by atoms with Gasteiger partial charge in [0.2, 0.25) is 0 Å². The quantitative estimate of drug-likeness (QED) is 0.239. The van der Waals surface area contributed by atoms with Crippen LogP contribution in [0.2, 0.25) is 0 Å². The van der Waals surface area contributed by atoms with E-state index in [-0.39, 0.29) is 6.61 Å². The predicted octanol–water partition coefficient (Wildman–Crippen LogP) is 8.44. The lowest BCUT2D eigenvalue weighted by Gasteiger charge is -1.92. The number of methoxy groups -OCH3 is 1. The molecule has 0 aliphatic rings. The van der Waals surface area contributed by atoms with Gasteiger partial charge in [-0.05, 0) is 11.6 Å². The van der Waals surface area contributed by atoms with Gasteiger partial charge in [0.25, 0.3) is 0 Å². The lowest BCUT2D eigenvalue weighted by atomic mass is 10.1. The van der Waals surface area contributed by atoms with E-state index in [1.165, 1.54) is 6.08 Å². The molecule has 1 aromatic carbocycles. The molecular weight excluding hydrogens is 452 g/mol. The molecule has 0 radical (unpaired) electrons. The van der Waals surface area contributed by atoms with Gasteiger partial charge < -0.3 is 14.9 Å². The smallest absolute Gasteiger partial charge is 0.328 e. The second-order valence-electron chi connectivity index (χ2n) is 3.17. The largest absolute Gasteiger partial charge is 0.478 e. The summed E-state index contributed by atoms with van der Waals surface area (Å²) in [5.41, 5.74) is 1.33. The highest BCUT2D eigenvalue weighted by atomic mass is 16.5. The van der Waals surface area contributed by atoms with Crippen LogP contribution in [0.25, 0.3) is 6.08 Å². The highest BCUT2D eigenvalue weighted by molar-refractivity contribution is 5.85. The molecule has 0 spiro atoms. The zero-order valence-corrected chi connectivity index (χ0v) is 22.8. The van der Waals surface area contributed by atoms with E-state index in [1.54, 1.807) is 31.4 Å². The molecule has 1 aromatic rings. The van der Waals surface area contributed by atoms with Crippen molar-refractivity contribution in [2.45, 2.75) is 0 Å². The number of aliphatic hydroxyl groups is 1. The minimum atomic E-state index is -0.987. The number of ether oxygens (including phenoxy) is 1. The molecule has 0 aliphatic heterocycles.